The molecule has 2 amide bonds. The number of nitrogens with one attached hydrogen (secondary N) is 2. The first-order valence-corrected chi connectivity index (χ1v) is 14.4. The molecule has 6 rings (SSSR count). The van der Waals surface area contributed by atoms with Crippen LogP contribution in [0.1, 0.15) is 17.0 Å². The van der Waals surface area contributed by atoms with E-state index in [0.29, 0.717) is 12.4 Å². The third-order valence-electron chi connectivity index (χ3n) is 7.99. The molecule has 0 saturated carbocycles. The first kappa shape index (κ1) is 28.3. The van der Waals surface area contributed by atoms with Crippen LogP contribution >= 0.6 is 0 Å². The molecule has 1 aliphatic rings. The molecular formula is C33H36N8O2. The molecule has 1 fully saturated rings. The number of urea groups is 1. The summed E-state index contributed by atoms with van der Waals surface area (Å²) in [5, 5.41) is 15.6. The van der Waals surface area contributed by atoms with E-state index in [1.807, 2.05) is 62.6 Å². The molecule has 0 aliphatic carbocycles. The SMILES string of the molecule is COCCN1C[C@@H](NC(=O)Nc2c(C)c(-c3cnn(C)c3)nn2-c2ccccc2)[C@H](c2cccc(-c3ccncc3)c2)C1. The van der Waals surface area contributed by atoms with E-state index < -0.39 is 0 Å². The zero-order chi connectivity index (χ0) is 29.8. The van der Waals surface area contributed by atoms with Crippen LogP contribution in [0, 0.1) is 6.92 Å². The van der Waals surface area contributed by atoms with Crippen LogP contribution in [0.4, 0.5) is 10.6 Å². The number of ether oxygens (including phenoxy) is 1. The molecule has 4 heterocycles. The van der Waals surface area contributed by atoms with Gasteiger partial charge in [-0.15, -0.1) is 0 Å². The van der Waals surface area contributed by atoms with Crippen molar-refractivity contribution in [3.05, 3.63) is 103 Å². The van der Waals surface area contributed by atoms with E-state index in [-0.39, 0.29) is 18.0 Å². The van der Waals surface area contributed by atoms with Gasteiger partial charge in [-0.1, -0.05) is 42.5 Å². The molecular weight excluding hydrogens is 540 g/mol. The fraction of sp³-hybridized carbons (Fsp3) is 0.273. The van der Waals surface area contributed by atoms with Crippen molar-refractivity contribution < 1.29 is 9.53 Å². The summed E-state index contributed by atoms with van der Waals surface area (Å²) < 4.78 is 8.89. The minimum atomic E-state index is -0.271. The molecule has 10 nitrogen and oxygen atoms in total. The number of hydrogen-bond acceptors (Lipinski definition) is 6. The predicted molar refractivity (Wildman–Crippen MR) is 167 cm³/mol. The van der Waals surface area contributed by atoms with Gasteiger partial charge in [0, 0.05) is 69.4 Å². The van der Waals surface area contributed by atoms with Crippen LogP contribution in [0.15, 0.2) is 91.5 Å². The lowest BCUT2D eigenvalue weighted by Gasteiger charge is -2.21. The van der Waals surface area contributed by atoms with Crippen LogP contribution in [0.3, 0.4) is 0 Å². The van der Waals surface area contributed by atoms with Gasteiger partial charge in [0.05, 0.1) is 24.5 Å². The van der Waals surface area contributed by atoms with Crippen LogP contribution in [0.5, 0.6) is 0 Å². The lowest BCUT2D eigenvalue weighted by Crippen LogP contribution is -2.42. The minimum absolute atomic E-state index is 0.101. The summed E-state index contributed by atoms with van der Waals surface area (Å²) in [6.45, 7) is 4.94. The molecule has 5 aromatic rings. The second-order valence-electron chi connectivity index (χ2n) is 10.9. The molecule has 0 unspecified atom stereocenters. The quantitative estimate of drug-likeness (QED) is 0.259. The van der Waals surface area contributed by atoms with Gasteiger partial charge in [0.1, 0.15) is 11.5 Å². The lowest BCUT2D eigenvalue weighted by molar-refractivity contribution is 0.159. The van der Waals surface area contributed by atoms with E-state index in [1.165, 1.54) is 5.56 Å². The van der Waals surface area contributed by atoms with Crippen molar-refractivity contribution >= 4 is 11.8 Å². The van der Waals surface area contributed by atoms with Crippen molar-refractivity contribution in [2.75, 3.05) is 38.7 Å². The third kappa shape index (κ3) is 6.20. The largest absolute Gasteiger partial charge is 0.383 e. The number of benzene rings is 2. The van der Waals surface area contributed by atoms with E-state index in [0.717, 1.165) is 53.3 Å². The highest BCUT2D eigenvalue weighted by atomic mass is 16.5. The number of anilines is 1. The Bertz CT molecular complexity index is 1680. The molecule has 10 heteroatoms. The summed E-state index contributed by atoms with van der Waals surface area (Å²) >= 11 is 0. The van der Waals surface area contributed by atoms with E-state index in [4.69, 9.17) is 9.84 Å². The van der Waals surface area contributed by atoms with Crippen molar-refractivity contribution in [1.29, 1.82) is 0 Å². The molecule has 3 aromatic heterocycles. The summed E-state index contributed by atoms with van der Waals surface area (Å²) in [6.07, 6.45) is 7.32. The summed E-state index contributed by atoms with van der Waals surface area (Å²) in [6, 6.07) is 22.0. The van der Waals surface area contributed by atoms with Gasteiger partial charge in [0.2, 0.25) is 0 Å². The number of pyridine rings is 1. The Morgan fingerprint density at radius 1 is 1.00 bits per heavy atom. The van der Waals surface area contributed by atoms with Gasteiger partial charge in [-0.25, -0.2) is 9.48 Å². The fourth-order valence-electron chi connectivity index (χ4n) is 5.79. The first-order chi connectivity index (χ1) is 21.0. The van der Waals surface area contributed by atoms with Gasteiger partial charge in [-0.3, -0.25) is 19.9 Å². The highest BCUT2D eigenvalue weighted by molar-refractivity contribution is 5.91. The maximum Gasteiger partial charge on any atom is 0.320 e. The Hall–Kier alpha value is -4.80. The number of methoxy groups -OCH3 is 1. The van der Waals surface area contributed by atoms with Gasteiger partial charge in [-0.2, -0.15) is 10.2 Å². The van der Waals surface area contributed by atoms with Gasteiger partial charge in [0.25, 0.3) is 0 Å². The van der Waals surface area contributed by atoms with Crippen molar-refractivity contribution in [3.63, 3.8) is 0 Å². The van der Waals surface area contributed by atoms with Crippen LogP contribution < -0.4 is 10.6 Å². The number of carbonyl (C=O) groups excluding carboxylic acids is 1. The number of rotatable bonds is 9. The Labute approximate surface area is 251 Å². The number of hydrogen-bond donors (Lipinski definition) is 2. The maximum atomic E-state index is 13.7. The average Bonchev–Trinajstić information content (AvgIpc) is 3.74. The Morgan fingerprint density at radius 3 is 2.56 bits per heavy atom. The second kappa shape index (κ2) is 12.6. The Morgan fingerprint density at radius 2 is 1.81 bits per heavy atom. The van der Waals surface area contributed by atoms with E-state index in [2.05, 4.69) is 49.9 Å². The van der Waals surface area contributed by atoms with E-state index in [1.54, 1.807) is 35.1 Å². The first-order valence-electron chi connectivity index (χ1n) is 14.4. The van der Waals surface area contributed by atoms with Gasteiger partial charge < -0.3 is 10.1 Å². The average molecular weight is 577 g/mol. The number of nitrogens with zero attached hydrogens (tertiary/aromatic N) is 6. The van der Waals surface area contributed by atoms with Gasteiger partial charge in [0.15, 0.2) is 0 Å². The molecule has 1 aliphatic heterocycles. The normalized spacial score (nSPS) is 16.8. The van der Waals surface area contributed by atoms with Crippen molar-refractivity contribution in [2.24, 2.45) is 7.05 Å². The minimum Gasteiger partial charge on any atom is -0.383 e. The highest BCUT2D eigenvalue weighted by Gasteiger charge is 2.35. The Kier molecular flexibility index (Phi) is 8.30. The summed E-state index contributed by atoms with van der Waals surface area (Å²) in [5.74, 6) is 0.725. The molecule has 0 spiro atoms. The van der Waals surface area contributed by atoms with Gasteiger partial charge in [-0.05, 0) is 47.9 Å². The number of aromatic nitrogens is 5. The Balaban J connectivity index is 1.27. The number of likely N-dealkylation sites (tertiary alicyclic amines) is 1. The summed E-state index contributed by atoms with van der Waals surface area (Å²) in [4.78, 5) is 20.2. The molecule has 2 atom stereocenters. The second-order valence-corrected chi connectivity index (χ2v) is 10.9. The van der Waals surface area contributed by atoms with E-state index >= 15 is 0 Å². The van der Waals surface area contributed by atoms with Crippen LogP contribution in [-0.4, -0.2) is 74.9 Å². The van der Waals surface area contributed by atoms with Crippen molar-refractivity contribution in [1.82, 2.24) is 34.8 Å². The maximum absolute atomic E-state index is 13.7. The van der Waals surface area contributed by atoms with Crippen LogP contribution in [0.25, 0.3) is 28.1 Å². The molecule has 0 bridgehead atoms. The third-order valence-corrected chi connectivity index (χ3v) is 7.99. The lowest BCUT2D eigenvalue weighted by atomic mass is 9.92. The highest BCUT2D eigenvalue weighted by Crippen LogP contribution is 2.32. The summed E-state index contributed by atoms with van der Waals surface area (Å²) in [5.41, 5.74) is 6.80. The standard InChI is InChI=1S/C33H36N8O2/c1-23-31(27-19-35-39(2)20-27)38-41(28-10-5-4-6-11-28)32(23)37-33(42)36-30-22-40(16-17-43-3)21-29(30)26-9-7-8-25(18-26)24-12-14-34-15-13-24/h4-15,18-20,29-30H,16-17,21-22H2,1-3H3,(H2,36,37,42)/t29-,30+/m0/s1. The molecule has 1 saturated heterocycles. The number of carbonyl (C=O) groups is 1. The molecule has 2 N–H and O–H groups in total. The molecule has 0 radical (unpaired) electrons. The topological polar surface area (TPSA) is 102 Å². The monoisotopic (exact) mass is 576 g/mol. The number of aryl methyl sites for hydroxylation is 1. The molecule has 2 aromatic carbocycles. The zero-order valence-corrected chi connectivity index (χ0v) is 24.6. The predicted octanol–water partition coefficient (Wildman–Crippen LogP) is 4.88. The summed E-state index contributed by atoms with van der Waals surface area (Å²) in [7, 11) is 3.59. The van der Waals surface area contributed by atoms with E-state index in [9.17, 15) is 4.79 Å². The molecule has 220 valence electrons. The van der Waals surface area contributed by atoms with Crippen molar-refractivity contribution in [2.45, 2.75) is 18.9 Å². The zero-order valence-electron chi connectivity index (χ0n) is 24.6. The van der Waals surface area contributed by atoms with Crippen LogP contribution in [-0.2, 0) is 11.8 Å². The smallest absolute Gasteiger partial charge is 0.320 e. The molecule has 43 heavy (non-hydrogen) atoms. The fourth-order valence-corrected chi connectivity index (χ4v) is 5.79. The van der Waals surface area contributed by atoms with Crippen LogP contribution in [0.2, 0.25) is 0 Å². The number of para-hydroxylation sites is 1. The van der Waals surface area contributed by atoms with Gasteiger partial charge >= 0.3 is 6.03 Å². The van der Waals surface area contributed by atoms with Crippen molar-refractivity contribution in [3.8, 4) is 28.1 Å². The number of amides is 2.